The van der Waals surface area contributed by atoms with Crippen molar-refractivity contribution in [3.63, 3.8) is 0 Å². The molecule has 0 saturated carbocycles. The van der Waals surface area contributed by atoms with Crippen molar-refractivity contribution in [3.8, 4) is 23.4 Å². The molecule has 2 rings (SSSR count). The Hall–Kier alpha value is -2.24. The molecule has 2 aromatic rings. The van der Waals surface area contributed by atoms with Crippen LogP contribution in [0.5, 0.6) is 23.4 Å². The van der Waals surface area contributed by atoms with Gasteiger partial charge in [-0.3, -0.25) is 0 Å². The van der Waals surface area contributed by atoms with Gasteiger partial charge < -0.3 is 18.9 Å². The molecule has 0 bridgehead atoms. The Labute approximate surface area is 104 Å². The number of nitrogens with zero attached hydrogens (tertiary/aromatic N) is 2. The summed E-state index contributed by atoms with van der Waals surface area (Å²) in [5, 5.41) is 0.653. The quantitative estimate of drug-likeness (QED) is 0.822. The number of methoxy groups -OCH3 is 4. The van der Waals surface area contributed by atoms with Crippen molar-refractivity contribution in [2.45, 2.75) is 0 Å². The molecule has 0 aliphatic heterocycles. The zero-order valence-electron chi connectivity index (χ0n) is 10.7. The number of rotatable bonds is 4. The standard InChI is InChI=1S/C12H14N2O4/c1-15-8-6-5-7-9(10(8)16-2)11(17-3)14-12(13-7)18-4/h5-6H,1-4H3. The van der Waals surface area contributed by atoms with Gasteiger partial charge in [-0.25, -0.2) is 0 Å². The van der Waals surface area contributed by atoms with E-state index in [2.05, 4.69) is 9.97 Å². The predicted molar refractivity (Wildman–Crippen MR) is 65.7 cm³/mol. The van der Waals surface area contributed by atoms with E-state index in [1.165, 1.54) is 14.2 Å². The van der Waals surface area contributed by atoms with Gasteiger partial charge in [0, 0.05) is 0 Å². The summed E-state index contributed by atoms with van der Waals surface area (Å²) in [6.45, 7) is 0. The van der Waals surface area contributed by atoms with E-state index in [-0.39, 0.29) is 6.01 Å². The lowest BCUT2D eigenvalue weighted by Gasteiger charge is -2.12. The minimum absolute atomic E-state index is 0.242. The Morgan fingerprint density at radius 2 is 1.61 bits per heavy atom. The Kier molecular flexibility index (Phi) is 3.36. The van der Waals surface area contributed by atoms with Crippen LogP contribution in [0.1, 0.15) is 0 Å². The van der Waals surface area contributed by atoms with Crippen LogP contribution in [-0.2, 0) is 0 Å². The van der Waals surface area contributed by atoms with Crippen LogP contribution < -0.4 is 18.9 Å². The maximum absolute atomic E-state index is 5.34. The number of hydrogen-bond donors (Lipinski definition) is 0. The minimum Gasteiger partial charge on any atom is -0.493 e. The molecule has 0 unspecified atom stereocenters. The fourth-order valence-corrected chi connectivity index (χ4v) is 1.73. The first-order valence-electron chi connectivity index (χ1n) is 5.25. The number of aromatic nitrogens is 2. The van der Waals surface area contributed by atoms with Crippen LogP contribution in [0, 0.1) is 0 Å². The number of ether oxygens (including phenoxy) is 4. The van der Waals surface area contributed by atoms with Gasteiger partial charge in [0.25, 0.3) is 0 Å². The molecule has 0 fully saturated rings. The molecule has 0 saturated heterocycles. The Morgan fingerprint density at radius 3 is 2.17 bits per heavy atom. The van der Waals surface area contributed by atoms with Crippen LogP contribution in [0.3, 0.4) is 0 Å². The van der Waals surface area contributed by atoms with E-state index in [1.54, 1.807) is 26.4 Å². The molecule has 0 radical (unpaired) electrons. The molecule has 0 spiro atoms. The highest BCUT2D eigenvalue weighted by molar-refractivity contribution is 5.92. The average Bonchev–Trinajstić information content (AvgIpc) is 2.44. The van der Waals surface area contributed by atoms with Crippen molar-refractivity contribution < 1.29 is 18.9 Å². The second kappa shape index (κ2) is 4.95. The lowest BCUT2D eigenvalue weighted by molar-refractivity contribution is 0.347. The Bertz CT molecular complexity index is 571. The molecule has 0 N–H and O–H groups in total. The fraction of sp³-hybridized carbons (Fsp3) is 0.333. The van der Waals surface area contributed by atoms with Crippen molar-refractivity contribution >= 4 is 10.9 Å². The first-order valence-corrected chi connectivity index (χ1v) is 5.25. The molecule has 18 heavy (non-hydrogen) atoms. The molecule has 0 aliphatic carbocycles. The summed E-state index contributed by atoms with van der Waals surface area (Å²) in [5.41, 5.74) is 0.663. The highest BCUT2D eigenvalue weighted by atomic mass is 16.5. The third-order valence-corrected chi connectivity index (χ3v) is 2.53. The first kappa shape index (κ1) is 12.2. The molecule has 0 amide bonds. The summed E-state index contributed by atoms with van der Waals surface area (Å²) in [5.74, 6) is 1.51. The van der Waals surface area contributed by atoms with E-state index in [4.69, 9.17) is 18.9 Å². The highest BCUT2D eigenvalue weighted by Gasteiger charge is 2.17. The highest BCUT2D eigenvalue weighted by Crippen LogP contribution is 2.39. The fourth-order valence-electron chi connectivity index (χ4n) is 1.73. The zero-order chi connectivity index (χ0) is 13.1. The van der Waals surface area contributed by atoms with Gasteiger partial charge in [-0.15, -0.1) is 0 Å². The summed E-state index contributed by atoms with van der Waals surface area (Å²) in [6, 6.07) is 3.81. The second-order valence-electron chi connectivity index (χ2n) is 3.41. The average molecular weight is 250 g/mol. The van der Waals surface area contributed by atoms with Crippen LogP contribution in [0.25, 0.3) is 10.9 Å². The van der Waals surface area contributed by atoms with E-state index >= 15 is 0 Å². The minimum atomic E-state index is 0.242. The number of hydrogen-bond acceptors (Lipinski definition) is 6. The van der Waals surface area contributed by atoms with Gasteiger partial charge in [0.15, 0.2) is 11.5 Å². The summed E-state index contributed by atoms with van der Waals surface area (Å²) in [7, 11) is 6.16. The second-order valence-corrected chi connectivity index (χ2v) is 3.41. The Balaban J connectivity index is 2.82. The van der Waals surface area contributed by atoms with Gasteiger partial charge in [-0.1, -0.05) is 0 Å². The van der Waals surface area contributed by atoms with Crippen molar-refractivity contribution in [1.82, 2.24) is 9.97 Å². The molecular formula is C12H14N2O4. The molecule has 1 heterocycles. The molecular weight excluding hydrogens is 236 g/mol. The Morgan fingerprint density at radius 1 is 0.833 bits per heavy atom. The van der Waals surface area contributed by atoms with Gasteiger partial charge >= 0.3 is 6.01 Å². The van der Waals surface area contributed by atoms with Crippen LogP contribution >= 0.6 is 0 Å². The van der Waals surface area contributed by atoms with Gasteiger partial charge in [-0.2, -0.15) is 9.97 Å². The van der Waals surface area contributed by atoms with Crippen LogP contribution in [0.2, 0.25) is 0 Å². The maximum atomic E-state index is 5.34. The summed E-state index contributed by atoms with van der Waals surface area (Å²) in [6.07, 6.45) is 0. The van der Waals surface area contributed by atoms with Crippen molar-refractivity contribution in [2.24, 2.45) is 0 Å². The molecule has 6 nitrogen and oxygen atoms in total. The lowest BCUT2D eigenvalue weighted by Crippen LogP contribution is -1.99. The van der Waals surface area contributed by atoms with Gasteiger partial charge in [0.05, 0.1) is 34.0 Å². The molecule has 96 valence electrons. The first-order chi connectivity index (χ1) is 8.74. The third kappa shape index (κ3) is 1.85. The van der Waals surface area contributed by atoms with E-state index in [9.17, 15) is 0 Å². The van der Waals surface area contributed by atoms with Crippen LogP contribution in [0.15, 0.2) is 12.1 Å². The van der Waals surface area contributed by atoms with Gasteiger partial charge in [-0.05, 0) is 12.1 Å². The molecule has 0 aliphatic rings. The summed E-state index contributed by atoms with van der Waals surface area (Å²) < 4.78 is 20.8. The monoisotopic (exact) mass is 250 g/mol. The van der Waals surface area contributed by atoms with Crippen LogP contribution in [-0.4, -0.2) is 38.4 Å². The van der Waals surface area contributed by atoms with Gasteiger partial charge in [0.1, 0.15) is 5.39 Å². The van der Waals surface area contributed by atoms with Crippen molar-refractivity contribution in [1.29, 1.82) is 0 Å². The van der Waals surface area contributed by atoms with E-state index in [0.29, 0.717) is 28.3 Å². The zero-order valence-corrected chi connectivity index (χ0v) is 10.7. The lowest BCUT2D eigenvalue weighted by atomic mass is 10.2. The normalized spacial score (nSPS) is 10.2. The third-order valence-electron chi connectivity index (χ3n) is 2.53. The largest absolute Gasteiger partial charge is 0.493 e. The van der Waals surface area contributed by atoms with Crippen molar-refractivity contribution in [2.75, 3.05) is 28.4 Å². The van der Waals surface area contributed by atoms with Crippen molar-refractivity contribution in [3.05, 3.63) is 12.1 Å². The summed E-state index contributed by atoms with van der Waals surface area (Å²) in [4.78, 5) is 8.37. The maximum Gasteiger partial charge on any atom is 0.320 e. The molecule has 1 aromatic heterocycles. The SMILES string of the molecule is COc1nc(OC)c2c(OC)c(OC)ccc2n1. The molecule has 6 heteroatoms. The van der Waals surface area contributed by atoms with Crippen LogP contribution in [0.4, 0.5) is 0 Å². The predicted octanol–water partition coefficient (Wildman–Crippen LogP) is 1.66. The van der Waals surface area contributed by atoms with E-state index in [0.717, 1.165) is 0 Å². The topological polar surface area (TPSA) is 62.7 Å². The molecule has 1 aromatic carbocycles. The van der Waals surface area contributed by atoms with E-state index in [1.807, 2.05) is 0 Å². The van der Waals surface area contributed by atoms with E-state index < -0.39 is 0 Å². The van der Waals surface area contributed by atoms with Gasteiger partial charge in [0.2, 0.25) is 5.88 Å². The number of fused-ring (bicyclic) bond motifs is 1. The number of benzene rings is 1. The molecule has 0 atom stereocenters. The smallest absolute Gasteiger partial charge is 0.320 e. The summed E-state index contributed by atoms with van der Waals surface area (Å²) >= 11 is 0.